The number of nitrogens with zero attached hydrogens (tertiary/aromatic N) is 1. The quantitative estimate of drug-likeness (QED) is 0.886. The summed E-state index contributed by atoms with van der Waals surface area (Å²) >= 11 is 0. The van der Waals surface area contributed by atoms with Crippen molar-refractivity contribution >= 4 is 6.09 Å². The fraction of sp³-hybridized carbons (Fsp3) is 0.500. The van der Waals surface area contributed by atoms with Crippen LogP contribution in [0.2, 0.25) is 0 Å². The average molecular weight is 248 g/mol. The molecule has 0 aromatic heterocycles. The van der Waals surface area contributed by atoms with Crippen LogP contribution in [-0.4, -0.2) is 37.2 Å². The number of hydrogen-bond acceptors (Lipinski definition) is 3. The van der Waals surface area contributed by atoms with E-state index in [-0.39, 0.29) is 6.09 Å². The van der Waals surface area contributed by atoms with Gasteiger partial charge in [-0.25, -0.2) is 4.79 Å². The van der Waals surface area contributed by atoms with E-state index in [1.54, 1.807) is 4.90 Å². The van der Waals surface area contributed by atoms with Gasteiger partial charge in [0.2, 0.25) is 0 Å². The molecular weight excluding hydrogens is 228 g/mol. The van der Waals surface area contributed by atoms with Crippen molar-refractivity contribution in [3.63, 3.8) is 0 Å². The number of carbonyl (C=O) groups excluding carboxylic acids is 1. The van der Waals surface area contributed by atoms with Gasteiger partial charge in [-0.2, -0.15) is 0 Å². The Kier molecular flexibility index (Phi) is 4.59. The largest absolute Gasteiger partial charge is 0.445 e. The van der Waals surface area contributed by atoms with E-state index in [0.29, 0.717) is 6.61 Å². The highest BCUT2D eigenvalue weighted by atomic mass is 16.6. The van der Waals surface area contributed by atoms with Gasteiger partial charge >= 0.3 is 6.09 Å². The molecule has 0 unspecified atom stereocenters. The third kappa shape index (κ3) is 3.47. The first kappa shape index (κ1) is 12.9. The molecule has 18 heavy (non-hydrogen) atoms. The summed E-state index contributed by atoms with van der Waals surface area (Å²) in [4.78, 5) is 13.5. The lowest BCUT2D eigenvalue weighted by Gasteiger charge is -2.26. The summed E-state index contributed by atoms with van der Waals surface area (Å²) in [5, 5.41) is 3.21. The molecule has 1 saturated heterocycles. The van der Waals surface area contributed by atoms with Crippen molar-refractivity contribution in [3.05, 3.63) is 35.4 Å². The Hall–Kier alpha value is -1.55. The molecule has 1 N–H and O–H groups in total. The molecule has 4 nitrogen and oxygen atoms in total. The smallest absolute Gasteiger partial charge is 0.410 e. The van der Waals surface area contributed by atoms with Gasteiger partial charge in [0, 0.05) is 26.2 Å². The van der Waals surface area contributed by atoms with E-state index in [4.69, 9.17) is 4.74 Å². The van der Waals surface area contributed by atoms with E-state index in [1.807, 2.05) is 12.1 Å². The lowest BCUT2D eigenvalue weighted by molar-refractivity contribution is 0.0918. The summed E-state index contributed by atoms with van der Waals surface area (Å²) in [5.41, 5.74) is 2.34. The Morgan fingerprint density at radius 1 is 1.22 bits per heavy atom. The van der Waals surface area contributed by atoms with Crippen LogP contribution in [0.25, 0.3) is 0 Å². The van der Waals surface area contributed by atoms with Gasteiger partial charge in [0.15, 0.2) is 0 Å². The van der Waals surface area contributed by atoms with Crippen molar-refractivity contribution in [1.82, 2.24) is 10.2 Å². The first-order valence-electron chi connectivity index (χ1n) is 6.50. The van der Waals surface area contributed by atoms with Gasteiger partial charge in [0.1, 0.15) is 6.61 Å². The van der Waals surface area contributed by atoms with Crippen LogP contribution in [0.1, 0.15) is 18.1 Å². The van der Waals surface area contributed by atoms with Gasteiger partial charge in [-0.1, -0.05) is 31.2 Å². The fourth-order valence-electron chi connectivity index (χ4n) is 1.95. The van der Waals surface area contributed by atoms with Crippen LogP contribution >= 0.6 is 0 Å². The maximum atomic E-state index is 11.8. The molecule has 0 bridgehead atoms. The van der Waals surface area contributed by atoms with Gasteiger partial charge in [-0.3, -0.25) is 0 Å². The molecule has 1 fully saturated rings. The predicted octanol–water partition coefficient (Wildman–Crippen LogP) is 1.79. The summed E-state index contributed by atoms with van der Waals surface area (Å²) in [5.74, 6) is 0. The second kappa shape index (κ2) is 6.40. The molecule has 0 spiro atoms. The molecule has 1 aliphatic rings. The normalized spacial score (nSPS) is 15.5. The van der Waals surface area contributed by atoms with E-state index in [1.165, 1.54) is 5.56 Å². The van der Waals surface area contributed by atoms with Gasteiger partial charge < -0.3 is 15.0 Å². The van der Waals surface area contributed by atoms with Crippen LogP contribution in [0.15, 0.2) is 24.3 Å². The number of ether oxygens (including phenoxy) is 1. The van der Waals surface area contributed by atoms with Gasteiger partial charge in [0.25, 0.3) is 0 Å². The Labute approximate surface area is 108 Å². The molecule has 1 heterocycles. The maximum Gasteiger partial charge on any atom is 0.410 e. The minimum Gasteiger partial charge on any atom is -0.445 e. The van der Waals surface area contributed by atoms with E-state index < -0.39 is 0 Å². The summed E-state index contributed by atoms with van der Waals surface area (Å²) < 4.78 is 5.30. The third-order valence-electron chi connectivity index (χ3n) is 3.17. The van der Waals surface area contributed by atoms with Crippen molar-refractivity contribution in [2.24, 2.45) is 0 Å². The van der Waals surface area contributed by atoms with E-state index in [2.05, 4.69) is 24.4 Å². The van der Waals surface area contributed by atoms with E-state index >= 15 is 0 Å². The van der Waals surface area contributed by atoms with E-state index in [0.717, 1.165) is 38.2 Å². The van der Waals surface area contributed by atoms with Crippen molar-refractivity contribution in [2.45, 2.75) is 20.0 Å². The molecule has 1 aromatic carbocycles. The highest BCUT2D eigenvalue weighted by molar-refractivity contribution is 5.67. The van der Waals surface area contributed by atoms with Crippen LogP contribution in [0.5, 0.6) is 0 Å². The molecule has 0 aliphatic carbocycles. The molecule has 98 valence electrons. The van der Waals surface area contributed by atoms with Crippen molar-refractivity contribution in [3.8, 4) is 0 Å². The fourth-order valence-corrected chi connectivity index (χ4v) is 1.95. The molecule has 2 rings (SSSR count). The second-order valence-corrected chi connectivity index (χ2v) is 4.46. The maximum absolute atomic E-state index is 11.8. The first-order chi connectivity index (χ1) is 8.79. The highest BCUT2D eigenvalue weighted by Crippen LogP contribution is 2.07. The van der Waals surface area contributed by atoms with Crippen molar-refractivity contribution in [1.29, 1.82) is 0 Å². The standard InChI is InChI=1S/C14H20N2O2/c1-2-12-3-5-13(6-4-12)11-18-14(17)16-9-7-15-8-10-16/h3-6,15H,2,7-11H2,1H3. The Morgan fingerprint density at radius 2 is 1.83 bits per heavy atom. The van der Waals surface area contributed by atoms with Crippen LogP contribution < -0.4 is 5.32 Å². The summed E-state index contributed by atoms with van der Waals surface area (Å²) in [6, 6.07) is 8.19. The number of piperazine rings is 1. The number of aryl methyl sites for hydroxylation is 1. The zero-order valence-corrected chi connectivity index (χ0v) is 10.8. The predicted molar refractivity (Wildman–Crippen MR) is 70.4 cm³/mol. The zero-order chi connectivity index (χ0) is 12.8. The highest BCUT2D eigenvalue weighted by Gasteiger charge is 2.17. The third-order valence-corrected chi connectivity index (χ3v) is 3.17. The molecule has 0 saturated carbocycles. The second-order valence-electron chi connectivity index (χ2n) is 4.46. The monoisotopic (exact) mass is 248 g/mol. The molecule has 0 atom stereocenters. The number of hydrogen-bond donors (Lipinski definition) is 1. The lowest BCUT2D eigenvalue weighted by atomic mass is 10.1. The SMILES string of the molecule is CCc1ccc(COC(=O)N2CCNCC2)cc1. The van der Waals surface area contributed by atoms with Crippen molar-refractivity contribution in [2.75, 3.05) is 26.2 Å². The Balaban J connectivity index is 1.80. The molecule has 1 aromatic rings. The number of benzene rings is 1. The number of amides is 1. The van der Waals surface area contributed by atoms with E-state index in [9.17, 15) is 4.79 Å². The molecule has 1 amide bonds. The summed E-state index contributed by atoms with van der Waals surface area (Å²) in [6.45, 7) is 5.63. The zero-order valence-electron chi connectivity index (χ0n) is 10.8. The average Bonchev–Trinajstić information content (AvgIpc) is 2.46. The van der Waals surface area contributed by atoms with Gasteiger partial charge in [0.05, 0.1) is 0 Å². The topological polar surface area (TPSA) is 41.6 Å². The molecule has 1 aliphatic heterocycles. The summed E-state index contributed by atoms with van der Waals surface area (Å²) in [7, 11) is 0. The minimum atomic E-state index is -0.212. The number of rotatable bonds is 3. The van der Waals surface area contributed by atoms with Crippen LogP contribution in [0.3, 0.4) is 0 Å². The Morgan fingerprint density at radius 3 is 2.44 bits per heavy atom. The minimum absolute atomic E-state index is 0.212. The summed E-state index contributed by atoms with van der Waals surface area (Å²) in [6.07, 6.45) is 0.817. The van der Waals surface area contributed by atoms with Gasteiger partial charge in [-0.15, -0.1) is 0 Å². The van der Waals surface area contributed by atoms with Gasteiger partial charge in [-0.05, 0) is 17.5 Å². The lowest BCUT2D eigenvalue weighted by Crippen LogP contribution is -2.46. The number of carbonyl (C=O) groups is 1. The molecule has 0 radical (unpaired) electrons. The van der Waals surface area contributed by atoms with Crippen molar-refractivity contribution < 1.29 is 9.53 Å². The Bertz CT molecular complexity index is 383. The number of nitrogens with one attached hydrogen (secondary N) is 1. The van der Waals surface area contributed by atoms with Crippen LogP contribution in [0, 0.1) is 0 Å². The van der Waals surface area contributed by atoms with Crippen LogP contribution in [0.4, 0.5) is 4.79 Å². The van der Waals surface area contributed by atoms with Crippen LogP contribution in [-0.2, 0) is 17.8 Å². The first-order valence-corrected chi connectivity index (χ1v) is 6.50. The molecular formula is C14H20N2O2. The molecule has 4 heteroatoms.